The number of carboxylic acid groups (broad SMARTS) is 1. The van der Waals surface area contributed by atoms with Gasteiger partial charge in [-0.15, -0.1) is 0 Å². The third-order valence-corrected chi connectivity index (χ3v) is 2.35. The summed E-state index contributed by atoms with van der Waals surface area (Å²) in [4.78, 5) is 16.9. The molecule has 5 nitrogen and oxygen atoms in total. The van der Waals surface area contributed by atoms with Crippen LogP contribution in [0.1, 0.15) is 22.6 Å². The Hall–Kier alpha value is -1.46. The van der Waals surface area contributed by atoms with Crippen LogP contribution in [0.25, 0.3) is 0 Å². The fourth-order valence-electron chi connectivity index (χ4n) is 1.52. The van der Waals surface area contributed by atoms with Gasteiger partial charge >= 0.3 is 5.97 Å². The molecule has 1 N–H and O–H groups in total. The minimum absolute atomic E-state index is 0.0905. The molecule has 0 saturated heterocycles. The molecule has 5 heteroatoms. The molecule has 0 spiro atoms. The standard InChI is InChI=1S/C12H18N2O3/c1-14(7-4-8-17-2)9-10-5-3-6-11(13-10)12(15)16/h3,5-6H,4,7-9H2,1-2H3,(H,15,16). The van der Waals surface area contributed by atoms with E-state index in [1.165, 1.54) is 6.07 Å². The van der Waals surface area contributed by atoms with Crippen LogP contribution < -0.4 is 0 Å². The zero-order valence-corrected chi connectivity index (χ0v) is 10.2. The summed E-state index contributed by atoms with van der Waals surface area (Å²) < 4.78 is 4.97. The molecule has 1 aromatic heterocycles. The van der Waals surface area contributed by atoms with Crippen molar-refractivity contribution in [3.63, 3.8) is 0 Å². The molecule has 17 heavy (non-hydrogen) atoms. The quantitative estimate of drug-likeness (QED) is 0.724. The molecular formula is C12H18N2O3. The van der Waals surface area contributed by atoms with Gasteiger partial charge in [0.15, 0.2) is 0 Å². The number of carbonyl (C=O) groups is 1. The van der Waals surface area contributed by atoms with Crippen LogP contribution in [0.5, 0.6) is 0 Å². The molecule has 0 radical (unpaired) electrons. The van der Waals surface area contributed by atoms with E-state index in [0.29, 0.717) is 6.54 Å². The molecule has 0 atom stereocenters. The van der Waals surface area contributed by atoms with Crippen molar-refractivity contribution in [2.45, 2.75) is 13.0 Å². The fraction of sp³-hybridized carbons (Fsp3) is 0.500. The third-order valence-electron chi connectivity index (χ3n) is 2.35. The number of carboxylic acids is 1. The first-order chi connectivity index (χ1) is 8.13. The van der Waals surface area contributed by atoms with Gasteiger partial charge in [0, 0.05) is 26.8 Å². The van der Waals surface area contributed by atoms with Crippen LogP contribution in [0.2, 0.25) is 0 Å². The normalized spacial score (nSPS) is 10.8. The zero-order valence-electron chi connectivity index (χ0n) is 10.2. The van der Waals surface area contributed by atoms with Gasteiger partial charge in [-0.25, -0.2) is 9.78 Å². The van der Waals surface area contributed by atoms with Crippen LogP contribution >= 0.6 is 0 Å². The van der Waals surface area contributed by atoms with Crippen LogP contribution in [0.15, 0.2) is 18.2 Å². The average Bonchev–Trinajstić information content (AvgIpc) is 2.29. The summed E-state index contributed by atoms with van der Waals surface area (Å²) >= 11 is 0. The van der Waals surface area contributed by atoms with Gasteiger partial charge in [-0.3, -0.25) is 0 Å². The van der Waals surface area contributed by atoms with Crippen molar-refractivity contribution in [2.75, 3.05) is 27.3 Å². The largest absolute Gasteiger partial charge is 0.477 e. The zero-order chi connectivity index (χ0) is 12.7. The second-order valence-corrected chi connectivity index (χ2v) is 3.90. The van der Waals surface area contributed by atoms with Gasteiger partial charge in [0.25, 0.3) is 0 Å². The highest BCUT2D eigenvalue weighted by Gasteiger charge is 2.06. The molecular weight excluding hydrogens is 220 g/mol. The van der Waals surface area contributed by atoms with Crippen molar-refractivity contribution >= 4 is 5.97 Å². The Kier molecular flexibility index (Phi) is 5.59. The van der Waals surface area contributed by atoms with Crippen molar-refractivity contribution in [3.8, 4) is 0 Å². The summed E-state index contributed by atoms with van der Waals surface area (Å²) in [6.07, 6.45) is 0.950. The predicted molar refractivity (Wildman–Crippen MR) is 64.0 cm³/mol. The molecule has 0 amide bonds. The molecule has 1 rings (SSSR count). The van der Waals surface area contributed by atoms with E-state index in [1.807, 2.05) is 13.1 Å². The van der Waals surface area contributed by atoms with E-state index in [0.717, 1.165) is 25.3 Å². The molecule has 0 aliphatic rings. The maximum absolute atomic E-state index is 10.8. The number of rotatable bonds is 7. The number of ether oxygens (including phenoxy) is 1. The molecule has 0 fully saturated rings. The second kappa shape index (κ2) is 6.98. The predicted octanol–water partition coefficient (Wildman–Crippen LogP) is 1.25. The lowest BCUT2D eigenvalue weighted by Crippen LogP contribution is -2.21. The number of aromatic nitrogens is 1. The summed E-state index contributed by atoms with van der Waals surface area (Å²) in [6.45, 7) is 2.27. The summed E-state index contributed by atoms with van der Waals surface area (Å²) in [7, 11) is 3.66. The maximum atomic E-state index is 10.8. The summed E-state index contributed by atoms with van der Waals surface area (Å²) in [5.41, 5.74) is 0.859. The summed E-state index contributed by atoms with van der Waals surface area (Å²) in [6, 6.07) is 5.05. The van der Waals surface area contributed by atoms with Crippen molar-refractivity contribution in [3.05, 3.63) is 29.6 Å². The van der Waals surface area contributed by atoms with E-state index < -0.39 is 5.97 Å². The van der Waals surface area contributed by atoms with Gasteiger partial charge in [-0.1, -0.05) is 6.07 Å². The highest BCUT2D eigenvalue weighted by molar-refractivity contribution is 5.85. The van der Waals surface area contributed by atoms with E-state index in [1.54, 1.807) is 13.2 Å². The van der Waals surface area contributed by atoms with E-state index in [4.69, 9.17) is 9.84 Å². The number of aromatic carboxylic acids is 1. The van der Waals surface area contributed by atoms with Crippen LogP contribution in [-0.2, 0) is 11.3 Å². The highest BCUT2D eigenvalue weighted by atomic mass is 16.5. The number of nitrogens with zero attached hydrogens (tertiary/aromatic N) is 2. The molecule has 0 unspecified atom stereocenters. The van der Waals surface area contributed by atoms with Gasteiger partial charge in [-0.05, 0) is 25.6 Å². The number of methoxy groups -OCH3 is 1. The summed E-state index contributed by atoms with van der Waals surface area (Å²) in [5, 5.41) is 8.82. The van der Waals surface area contributed by atoms with Crippen LogP contribution in [0.4, 0.5) is 0 Å². The first kappa shape index (κ1) is 13.6. The first-order valence-corrected chi connectivity index (χ1v) is 5.50. The van der Waals surface area contributed by atoms with Gasteiger partial charge in [0.2, 0.25) is 0 Å². The highest BCUT2D eigenvalue weighted by Crippen LogP contribution is 2.03. The Morgan fingerprint density at radius 1 is 1.53 bits per heavy atom. The smallest absolute Gasteiger partial charge is 0.354 e. The Morgan fingerprint density at radius 3 is 2.94 bits per heavy atom. The van der Waals surface area contributed by atoms with Crippen LogP contribution in [0, 0.1) is 0 Å². The van der Waals surface area contributed by atoms with Gasteiger partial charge in [0.1, 0.15) is 5.69 Å². The maximum Gasteiger partial charge on any atom is 0.354 e. The molecule has 1 aromatic rings. The van der Waals surface area contributed by atoms with E-state index in [-0.39, 0.29) is 5.69 Å². The SMILES string of the molecule is COCCCN(C)Cc1cccc(C(=O)O)n1. The van der Waals surface area contributed by atoms with Gasteiger partial charge in [-0.2, -0.15) is 0 Å². The molecule has 0 aliphatic heterocycles. The lowest BCUT2D eigenvalue weighted by Gasteiger charge is -2.15. The molecule has 0 aliphatic carbocycles. The van der Waals surface area contributed by atoms with E-state index >= 15 is 0 Å². The Morgan fingerprint density at radius 2 is 2.29 bits per heavy atom. The van der Waals surface area contributed by atoms with Gasteiger partial charge < -0.3 is 14.7 Å². The molecule has 1 heterocycles. The van der Waals surface area contributed by atoms with Crippen LogP contribution in [-0.4, -0.2) is 48.3 Å². The lowest BCUT2D eigenvalue weighted by atomic mass is 10.3. The Bertz CT molecular complexity index is 369. The molecule has 0 bridgehead atoms. The van der Waals surface area contributed by atoms with Crippen molar-refractivity contribution in [1.82, 2.24) is 9.88 Å². The second-order valence-electron chi connectivity index (χ2n) is 3.90. The minimum Gasteiger partial charge on any atom is -0.477 e. The summed E-state index contributed by atoms with van der Waals surface area (Å²) in [5.74, 6) is -0.992. The first-order valence-electron chi connectivity index (χ1n) is 5.50. The molecule has 94 valence electrons. The number of hydrogen-bond acceptors (Lipinski definition) is 4. The molecule has 0 aromatic carbocycles. The topological polar surface area (TPSA) is 62.7 Å². The Labute approximate surface area is 101 Å². The molecule has 0 saturated carbocycles. The van der Waals surface area contributed by atoms with E-state index in [9.17, 15) is 4.79 Å². The van der Waals surface area contributed by atoms with E-state index in [2.05, 4.69) is 9.88 Å². The lowest BCUT2D eigenvalue weighted by molar-refractivity contribution is 0.0690. The Balaban J connectivity index is 2.50. The number of hydrogen-bond donors (Lipinski definition) is 1. The minimum atomic E-state index is -0.992. The van der Waals surface area contributed by atoms with Crippen molar-refractivity contribution in [1.29, 1.82) is 0 Å². The monoisotopic (exact) mass is 238 g/mol. The van der Waals surface area contributed by atoms with Crippen LogP contribution in [0.3, 0.4) is 0 Å². The fourth-order valence-corrected chi connectivity index (χ4v) is 1.52. The van der Waals surface area contributed by atoms with Crippen molar-refractivity contribution < 1.29 is 14.6 Å². The average molecular weight is 238 g/mol. The third kappa shape index (κ3) is 4.93. The van der Waals surface area contributed by atoms with Gasteiger partial charge in [0.05, 0.1) is 5.69 Å². The number of pyridine rings is 1. The van der Waals surface area contributed by atoms with Crippen molar-refractivity contribution in [2.24, 2.45) is 0 Å².